The van der Waals surface area contributed by atoms with Crippen LogP contribution in [0.15, 0.2) is 103 Å². The zero-order chi connectivity index (χ0) is 28.4. The first-order valence-corrected chi connectivity index (χ1v) is 17.0. The minimum Gasteiger partial charge on any atom is -0.493 e. The summed E-state index contributed by atoms with van der Waals surface area (Å²) in [7, 11) is -1.99. The first-order chi connectivity index (χ1) is 19.2. The molecule has 0 unspecified atom stereocenters. The van der Waals surface area contributed by atoms with E-state index in [4.69, 9.17) is 23.4 Å². The Bertz CT molecular complexity index is 1180. The smallest absolute Gasteiger partial charge is 0.192 e. The van der Waals surface area contributed by atoms with Crippen molar-refractivity contribution in [2.45, 2.75) is 77.0 Å². The number of benzene rings is 3. The van der Waals surface area contributed by atoms with Crippen LogP contribution in [0, 0.1) is 0 Å². The van der Waals surface area contributed by atoms with Gasteiger partial charge in [0.05, 0.1) is 39.3 Å². The molecule has 0 radical (unpaired) electrons. The fraction of sp³-hybridized carbons (Fsp3) is 0.412. The predicted octanol–water partition coefficient (Wildman–Crippen LogP) is 7.68. The second kappa shape index (κ2) is 14.2. The Morgan fingerprint density at radius 3 is 1.70 bits per heavy atom. The van der Waals surface area contributed by atoms with Crippen LogP contribution in [0.4, 0.5) is 0 Å². The molecule has 1 aliphatic rings. The average Bonchev–Trinajstić information content (AvgIpc) is 2.95. The fourth-order valence-corrected chi connectivity index (χ4v) is 5.21. The van der Waals surface area contributed by atoms with Crippen LogP contribution in [-0.4, -0.2) is 39.8 Å². The summed E-state index contributed by atoms with van der Waals surface area (Å²) in [5.74, 6) is 0. The molecule has 1 aliphatic heterocycles. The summed E-state index contributed by atoms with van der Waals surface area (Å²) in [5.41, 5.74) is 4.29. The summed E-state index contributed by atoms with van der Waals surface area (Å²) in [6.45, 7) is 13.5. The molecule has 0 spiro atoms. The normalized spacial score (nSPS) is 19.6. The molecule has 40 heavy (non-hydrogen) atoms. The third-order valence-electron chi connectivity index (χ3n) is 7.78. The van der Waals surface area contributed by atoms with Gasteiger partial charge in [-0.15, -0.1) is 0 Å². The van der Waals surface area contributed by atoms with Crippen molar-refractivity contribution in [3.63, 3.8) is 0 Å². The summed E-state index contributed by atoms with van der Waals surface area (Å²) < 4.78 is 32.3. The summed E-state index contributed by atoms with van der Waals surface area (Å²) in [6.07, 6.45) is 0.780. The molecule has 0 aliphatic carbocycles. The van der Waals surface area contributed by atoms with Gasteiger partial charge < -0.3 is 23.4 Å². The van der Waals surface area contributed by atoms with Gasteiger partial charge in [-0.25, -0.2) is 0 Å². The van der Waals surface area contributed by atoms with Gasteiger partial charge in [0.25, 0.3) is 0 Å². The minimum absolute atomic E-state index is 0.0977. The molecule has 0 bridgehead atoms. The quantitative estimate of drug-likeness (QED) is 0.201. The van der Waals surface area contributed by atoms with E-state index in [0.29, 0.717) is 33.0 Å². The van der Waals surface area contributed by atoms with E-state index in [1.165, 1.54) is 0 Å². The van der Waals surface area contributed by atoms with Crippen molar-refractivity contribution in [3.05, 3.63) is 120 Å². The number of hydrogen-bond acceptors (Lipinski definition) is 5. The van der Waals surface area contributed by atoms with E-state index < -0.39 is 8.32 Å². The van der Waals surface area contributed by atoms with E-state index in [0.717, 1.165) is 22.3 Å². The molecule has 3 atom stereocenters. The highest BCUT2D eigenvalue weighted by Crippen LogP contribution is 2.37. The van der Waals surface area contributed by atoms with Crippen molar-refractivity contribution < 1.29 is 23.4 Å². The van der Waals surface area contributed by atoms with Crippen LogP contribution in [0.3, 0.4) is 0 Å². The molecule has 3 aromatic carbocycles. The van der Waals surface area contributed by atoms with Gasteiger partial charge in [-0.3, -0.25) is 0 Å². The second-order valence-corrected chi connectivity index (χ2v) is 16.7. The highest BCUT2D eigenvalue weighted by Gasteiger charge is 2.42. The highest BCUT2D eigenvalue weighted by molar-refractivity contribution is 6.74. The Morgan fingerprint density at radius 2 is 1.18 bits per heavy atom. The molecular weight excluding hydrogens is 516 g/mol. The van der Waals surface area contributed by atoms with Crippen molar-refractivity contribution in [2.24, 2.45) is 0 Å². The molecule has 5 nitrogen and oxygen atoms in total. The molecule has 1 heterocycles. The van der Waals surface area contributed by atoms with Gasteiger partial charge in [0.2, 0.25) is 0 Å². The Morgan fingerprint density at radius 1 is 0.675 bits per heavy atom. The van der Waals surface area contributed by atoms with Gasteiger partial charge in [-0.2, -0.15) is 0 Å². The van der Waals surface area contributed by atoms with Crippen molar-refractivity contribution in [1.82, 2.24) is 0 Å². The molecule has 0 aromatic heterocycles. The van der Waals surface area contributed by atoms with Crippen LogP contribution >= 0.6 is 0 Å². The highest BCUT2D eigenvalue weighted by atomic mass is 28.4. The lowest BCUT2D eigenvalue weighted by Gasteiger charge is -2.40. The van der Waals surface area contributed by atoms with Gasteiger partial charge in [0.1, 0.15) is 18.3 Å². The van der Waals surface area contributed by atoms with Crippen LogP contribution in [0.5, 0.6) is 0 Å². The Hall–Kier alpha value is -2.74. The zero-order valence-electron chi connectivity index (χ0n) is 24.5. The molecule has 6 heteroatoms. The largest absolute Gasteiger partial charge is 0.493 e. The third-order valence-corrected chi connectivity index (χ3v) is 12.3. The van der Waals surface area contributed by atoms with Crippen LogP contribution in [-0.2, 0) is 43.2 Å². The standard InChI is InChI=1S/C34H44O5Si/c1-34(2,3)40(4,5)39-25-30-24-36-31(26-35-21-27-15-9-6-10-16-27)33(38-23-29-19-13-8-14-20-29)32(30)37-22-28-17-11-7-12-18-28/h6-20,24,31-33H,21-23,25-26H2,1-5H3/t31-,32-,33-/m1/s1. The fourth-order valence-electron chi connectivity index (χ4n) is 4.25. The summed E-state index contributed by atoms with van der Waals surface area (Å²) in [5, 5.41) is 0.0977. The van der Waals surface area contributed by atoms with Crippen LogP contribution < -0.4 is 0 Å². The maximum Gasteiger partial charge on any atom is 0.192 e. The molecule has 214 valence electrons. The topological polar surface area (TPSA) is 46.2 Å². The first kappa shape index (κ1) is 30.2. The maximum absolute atomic E-state index is 6.63. The average molecular weight is 561 g/mol. The zero-order valence-corrected chi connectivity index (χ0v) is 25.5. The lowest BCUT2D eigenvalue weighted by Crippen LogP contribution is -2.50. The second-order valence-electron chi connectivity index (χ2n) is 11.9. The third kappa shape index (κ3) is 8.63. The number of ether oxygens (including phenoxy) is 4. The molecule has 0 saturated heterocycles. The molecule has 4 rings (SSSR count). The van der Waals surface area contributed by atoms with E-state index in [9.17, 15) is 0 Å². The summed E-state index contributed by atoms with van der Waals surface area (Å²) >= 11 is 0. The molecule has 0 amide bonds. The Labute approximate surface area is 241 Å². The van der Waals surface area contributed by atoms with Crippen molar-refractivity contribution in [3.8, 4) is 0 Å². The lowest BCUT2D eigenvalue weighted by atomic mass is 9.98. The summed E-state index contributed by atoms with van der Waals surface area (Å²) in [4.78, 5) is 0. The van der Waals surface area contributed by atoms with E-state index in [1.54, 1.807) is 0 Å². The van der Waals surface area contributed by atoms with Gasteiger partial charge in [0.15, 0.2) is 8.32 Å². The minimum atomic E-state index is -1.99. The molecule has 0 fully saturated rings. The van der Waals surface area contributed by atoms with E-state index >= 15 is 0 Å². The number of rotatable bonds is 13. The van der Waals surface area contributed by atoms with Crippen LogP contribution in [0.1, 0.15) is 37.5 Å². The SMILES string of the molecule is CC(C)(C)[Si](C)(C)OCC1=CO[C@H](COCc2ccccc2)[C@@H](OCc2ccccc2)[C@@H]1OCc1ccccc1. The summed E-state index contributed by atoms with van der Waals surface area (Å²) in [6, 6.07) is 30.6. The molecular formula is C34H44O5Si. The predicted molar refractivity (Wildman–Crippen MR) is 162 cm³/mol. The Balaban J connectivity index is 1.55. The van der Waals surface area contributed by atoms with E-state index in [2.05, 4.69) is 70.3 Å². The van der Waals surface area contributed by atoms with Gasteiger partial charge >= 0.3 is 0 Å². The van der Waals surface area contributed by atoms with E-state index in [-0.39, 0.29) is 23.4 Å². The van der Waals surface area contributed by atoms with E-state index in [1.807, 2.05) is 60.9 Å². The van der Waals surface area contributed by atoms with Crippen molar-refractivity contribution in [1.29, 1.82) is 0 Å². The number of hydrogen-bond donors (Lipinski definition) is 0. The van der Waals surface area contributed by atoms with Crippen molar-refractivity contribution >= 4 is 8.32 Å². The molecule has 0 saturated carbocycles. The Kier molecular flexibility index (Phi) is 10.8. The maximum atomic E-state index is 6.63. The monoisotopic (exact) mass is 560 g/mol. The van der Waals surface area contributed by atoms with Gasteiger partial charge in [-0.05, 0) is 34.8 Å². The van der Waals surface area contributed by atoms with Crippen molar-refractivity contribution in [2.75, 3.05) is 13.2 Å². The molecule has 3 aromatic rings. The first-order valence-electron chi connectivity index (χ1n) is 14.1. The lowest BCUT2D eigenvalue weighted by molar-refractivity contribution is -0.153. The molecule has 0 N–H and O–H groups in total. The van der Waals surface area contributed by atoms with Crippen LogP contribution in [0.25, 0.3) is 0 Å². The van der Waals surface area contributed by atoms with Crippen LogP contribution in [0.2, 0.25) is 18.1 Å². The van der Waals surface area contributed by atoms with Gasteiger partial charge in [0, 0.05) is 5.57 Å². The van der Waals surface area contributed by atoms with Gasteiger partial charge in [-0.1, -0.05) is 112 Å².